The van der Waals surface area contributed by atoms with E-state index < -0.39 is 5.82 Å². The van der Waals surface area contributed by atoms with Crippen LogP contribution in [0.2, 0.25) is 0 Å². The number of hydrogen-bond donors (Lipinski definition) is 1. The average Bonchev–Trinajstić information content (AvgIpc) is 3.70. The molecule has 0 atom stereocenters. The molecule has 214 valence electrons. The molecule has 10 heteroatoms. The van der Waals surface area contributed by atoms with Crippen LogP contribution >= 0.6 is 0 Å². The minimum atomic E-state index is -0.394. The van der Waals surface area contributed by atoms with E-state index in [-0.39, 0.29) is 5.91 Å². The lowest BCUT2D eigenvalue weighted by Gasteiger charge is -2.47. The summed E-state index contributed by atoms with van der Waals surface area (Å²) in [6, 6.07) is 17.1. The topological polar surface area (TPSA) is 95.8 Å². The zero-order chi connectivity index (χ0) is 28.9. The van der Waals surface area contributed by atoms with Gasteiger partial charge in [-0.05, 0) is 54.8 Å². The molecule has 2 aliphatic heterocycles. The molecule has 2 saturated heterocycles. The summed E-state index contributed by atoms with van der Waals surface area (Å²) < 4.78 is 17.2. The van der Waals surface area contributed by atoms with Crippen molar-refractivity contribution in [3.63, 3.8) is 0 Å². The first-order valence-electron chi connectivity index (χ1n) is 14.6. The molecule has 2 aliphatic rings. The third-order valence-electron chi connectivity index (χ3n) is 8.89. The van der Waals surface area contributed by atoms with Gasteiger partial charge in [-0.2, -0.15) is 5.10 Å². The van der Waals surface area contributed by atoms with Gasteiger partial charge in [-0.1, -0.05) is 18.2 Å². The molecule has 2 fully saturated rings. The zero-order valence-corrected chi connectivity index (χ0v) is 23.4. The van der Waals surface area contributed by atoms with Crippen molar-refractivity contribution in [3.05, 3.63) is 97.1 Å². The van der Waals surface area contributed by atoms with Crippen LogP contribution in [0.25, 0.3) is 44.3 Å². The van der Waals surface area contributed by atoms with Crippen molar-refractivity contribution in [1.82, 2.24) is 39.5 Å². The fraction of sp³-hybridized carbons (Fsp3) is 0.242. The number of aromatic amines is 1. The van der Waals surface area contributed by atoms with Gasteiger partial charge >= 0.3 is 0 Å². The molecule has 43 heavy (non-hydrogen) atoms. The minimum absolute atomic E-state index is 0.113. The van der Waals surface area contributed by atoms with Gasteiger partial charge in [-0.25, -0.2) is 14.4 Å². The fourth-order valence-corrected chi connectivity index (χ4v) is 6.46. The lowest BCUT2D eigenvalue weighted by molar-refractivity contribution is 0.0198. The number of fused-ring (bicyclic) bond motifs is 2. The summed E-state index contributed by atoms with van der Waals surface area (Å²) in [7, 11) is 0. The van der Waals surface area contributed by atoms with Crippen molar-refractivity contribution in [3.8, 4) is 22.4 Å². The van der Waals surface area contributed by atoms with E-state index >= 15 is 4.39 Å². The Balaban J connectivity index is 0.875. The van der Waals surface area contributed by atoms with Crippen LogP contribution in [-0.4, -0.2) is 77.6 Å². The number of carbonyl (C=O) groups excluding carboxylic acids is 1. The Morgan fingerprint density at radius 3 is 2.67 bits per heavy atom. The largest absolute Gasteiger partial charge is 0.346 e. The molecular weight excluding hydrogens is 543 g/mol. The lowest BCUT2D eigenvalue weighted by atomic mass is 9.96. The van der Waals surface area contributed by atoms with Gasteiger partial charge in [0.05, 0.1) is 23.4 Å². The van der Waals surface area contributed by atoms with E-state index in [0.29, 0.717) is 36.3 Å². The fourth-order valence-electron chi connectivity index (χ4n) is 6.46. The Kier molecular flexibility index (Phi) is 6.22. The number of nitrogens with one attached hydrogen (secondary N) is 1. The Morgan fingerprint density at radius 2 is 1.81 bits per heavy atom. The monoisotopic (exact) mass is 572 g/mol. The molecule has 2 aromatic carbocycles. The van der Waals surface area contributed by atoms with E-state index in [1.165, 1.54) is 6.07 Å². The molecule has 0 spiro atoms. The van der Waals surface area contributed by atoms with Gasteiger partial charge < -0.3 is 9.88 Å². The molecule has 0 bridgehead atoms. The van der Waals surface area contributed by atoms with Gasteiger partial charge in [0.1, 0.15) is 17.8 Å². The molecule has 1 amide bonds. The predicted octanol–water partition coefficient (Wildman–Crippen LogP) is 5.34. The first-order valence-corrected chi connectivity index (χ1v) is 14.6. The molecule has 6 heterocycles. The van der Waals surface area contributed by atoms with Gasteiger partial charge in [0, 0.05) is 78.3 Å². The number of carbonyl (C=O) groups is 1. The Bertz CT molecular complexity index is 1970. The molecule has 1 N–H and O–H groups in total. The Morgan fingerprint density at radius 1 is 0.930 bits per heavy atom. The number of rotatable bonds is 5. The van der Waals surface area contributed by atoms with Gasteiger partial charge in [0.2, 0.25) is 0 Å². The van der Waals surface area contributed by atoms with Crippen molar-refractivity contribution in [2.75, 3.05) is 26.2 Å². The van der Waals surface area contributed by atoms with Crippen LogP contribution in [0.3, 0.4) is 0 Å². The van der Waals surface area contributed by atoms with E-state index in [0.717, 1.165) is 64.7 Å². The standard InChI is InChI=1S/C33H29FN8O/c34-29-15-23(3-5-27(29)21-4-6-30-22(14-21)2-1-10-35-30)33(43)40-12-8-25(9-13-40)41-18-26(19-41)42-17-24(16-39-42)31-28-7-11-36-32(28)38-20-37-31/h1-7,10-11,14-17,20,25-26H,8-9,12-13,18-19H2,(H,36,37,38). The second kappa shape index (κ2) is 10.4. The summed E-state index contributed by atoms with van der Waals surface area (Å²) in [4.78, 5) is 33.8. The minimum Gasteiger partial charge on any atom is -0.346 e. The molecular formula is C33H29FN8O. The SMILES string of the molecule is O=C(c1ccc(-c2ccc3ncccc3c2)c(F)c1)N1CCC(N2CC(n3cc(-c4ncnc5[nH]ccc45)cn3)C2)CC1. The van der Waals surface area contributed by atoms with E-state index in [4.69, 9.17) is 0 Å². The van der Waals surface area contributed by atoms with Crippen molar-refractivity contribution >= 4 is 27.8 Å². The van der Waals surface area contributed by atoms with Crippen LogP contribution in [0.5, 0.6) is 0 Å². The summed E-state index contributed by atoms with van der Waals surface area (Å²) in [6.07, 6.45) is 10.9. The lowest BCUT2D eigenvalue weighted by Crippen LogP contribution is -2.56. The second-order valence-electron chi connectivity index (χ2n) is 11.4. The molecule has 6 aromatic rings. The smallest absolute Gasteiger partial charge is 0.253 e. The third kappa shape index (κ3) is 4.64. The zero-order valence-electron chi connectivity index (χ0n) is 23.4. The maximum atomic E-state index is 15.2. The van der Waals surface area contributed by atoms with Crippen molar-refractivity contribution in [2.24, 2.45) is 0 Å². The first kappa shape index (κ1) is 25.7. The highest BCUT2D eigenvalue weighted by molar-refractivity contribution is 5.95. The maximum Gasteiger partial charge on any atom is 0.253 e. The molecule has 8 rings (SSSR count). The Labute approximate surface area is 247 Å². The van der Waals surface area contributed by atoms with Crippen molar-refractivity contribution in [2.45, 2.75) is 24.9 Å². The number of nitrogens with zero attached hydrogens (tertiary/aromatic N) is 7. The molecule has 0 radical (unpaired) electrons. The number of amides is 1. The van der Waals surface area contributed by atoms with Gasteiger partial charge in [0.15, 0.2) is 0 Å². The summed E-state index contributed by atoms with van der Waals surface area (Å²) in [5.41, 5.74) is 5.18. The molecule has 9 nitrogen and oxygen atoms in total. The van der Waals surface area contributed by atoms with Crippen LogP contribution in [0, 0.1) is 5.82 Å². The van der Waals surface area contributed by atoms with E-state index in [2.05, 4.69) is 36.1 Å². The van der Waals surface area contributed by atoms with Gasteiger partial charge in [-0.15, -0.1) is 0 Å². The summed E-state index contributed by atoms with van der Waals surface area (Å²) in [5.74, 6) is -0.506. The molecule has 0 unspecified atom stereocenters. The Hall–Kier alpha value is -4.96. The number of hydrogen-bond acceptors (Lipinski definition) is 6. The predicted molar refractivity (Wildman–Crippen MR) is 162 cm³/mol. The van der Waals surface area contributed by atoms with Crippen molar-refractivity contribution < 1.29 is 9.18 Å². The summed E-state index contributed by atoms with van der Waals surface area (Å²) in [5, 5.41) is 6.57. The second-order valence-corrected chi connectivity index (χ2v) is 11.4. The normalized spacial score (nSPS) is 16.6. The highest BCUT2D eigenvalue weighted by Gasteiger charge is 2.36. The van der Waals surface area contributed by atoms with E-state index in [9.17, 15) is 4.79 Å². The maximum absolute atomic E-state index is 15.2. The summed E-state index contributed by atoms with van der Waals surface area (Å²) in [6.45, 7) is 3.19. The van der Waals surface area contributed by atoms with Crippen LogP contribution < -0.4 is 0 Å². The van der Waals surface area contributed by atoms with Crippen LogP contribution in [0.1, 0.15) is 29.2 Å². The van der Waals surface area contributed by atoms with Crippen LogP contribution in [0.4, 0.5) is 4.39 Å². The van der Waals surface area contributed by atoms with E-state index in [1.807, 2.05) is 58.4 Å². The van der Waals surface area contributed by atoms with Gasteiger partial charge in [0.25, 0.3) is 5.91 Å². The van der Waals surface area contributed by atoms with Crippen molar-refractivity contribution in [1.29, 1.82) is 0 Å². The quantitative estimate of drug-likeness (QED) is 0.300. The van der Waals surface area contributed by atoms with Crippen LogP contribution in [0.15, 0.2) is 85.7 Å². The number of pyridine rings is 1. The highest BCUT2D eigenvalue weighted by Crippen LogP contribution is 2.31. The molecule has 0 aliphatic carbocycles. The molecule has 0 saturated carbocycles. The number of benzene rings is 2. The average molecular weight is 573 g/mol. The highest BCUT2D eigenvalue weighted by atomic mass is 19.1. The number of H-pyrrole nitrogens is 1. The van der Waals surface area contributed by atoms with E-state index in [1.54, 1.807) is 24.7 Å². The molecule has 4 aromatic heterocycles. The van der Waals surface area contributed by atoms with Crippen LogP contribution in [-0.2, 0) is 0 Å². The number of likely N-dealkylation sites (tertiary alicyclic amines) is 2. The van der Waals surface area contributed by atoms with Gasteiger partial charge in [-0.3, -0.25) is 19.4 Å². The summed E-state index contributed by atoms with van der Waals surface area (Å²) >= 11 is 0. The number of aromatic nitrogens is 6. The first-order chi connectivity index (χ1) is 21.1. The number of piperidine rings is 1. The third-order valence-corrected chi connectivity index (χ3v) is 8.89. The number of halogens is 1.